The first-order valence-electron chi connectivity index (χ1n) is 12.3. The molecule has 0 aliphatic carbocycles. The van der Waals surface area contributed by atoms with Gasteiger partial charge in [-0.25, -0.2) is 4.79 Å². The number of carboxylic acid groups (broad SMARTS) is 1. The van der Waals surface area contributed by atoms with Gasteiger partial charge in [-0.3, -0.25) is 0 Å². The summed E-state index contributed by atoms with van der Waals surface area (Å²) in [7, 11) is -1.90. The Kier molecular flexibility index (Phi) is 9.29. The molecule has 0 heterocycles. The molecular formula is C29H36ClNO5Si. The molecule has 0 aliphatic heterocycles. The van der Waals surface area contributed by atoms with Gasteiger partial charge in [-0.05, 0) is 84.2 Å². The van der Waals surface area contributed by atoms with Gasteiger partial charge in [-0.2, -0.15) is 0 Å². The van der Waals surface area contributed by atoms with Crippen LogP contribution in [0.4, 0.5) is 4.79 Å². The first kappa shape index (κ1) is 28.6. The van der Waals surface area contributed by atoms with E-state index >= 15 is 0 Å². The minimum atomic E-state index is -1.90. The molecular weight excluding hydrogens is 506 g/mol. The fourth-order valence-electron chi connectivity index (χ4n) is 3.44. The van der Waals surface area contributed by atoms with Crippen molar-refractivity contribution in [3.63, 3.8) is 0 Å². The fourth-order valence-corrected chi connectivity index (χ4v) is 4.67. The number of hydrogen-bond acceptors (Lipinski definition) is 4. The number of halogens is 1. The van der Waals surface area contributed by atoms with E-state index in [0.717, 1.165) is 11.3 Å². The molecule has 0 aliphatic rings. The van der Waals surface area contributed by atoms with E-state index < -0.39 is 20.5 Å². The van der Waals surface area contributed by atoms with Crippen molar-refractivity contribution in [1.82, 2.24) is 4.90 Å². The summed E-state index contributed by atoms with van der Waals surface area (Å²) in [6.07, 6.45) is -1.53. The Balaban J connectivity index is 1.54. The molecule has 0 fully saturated rings. The van der Waals surface area contributed by atoms with Gasteiger partial charge >= 0.3 is 6.09 Å². The average Bonchev–Trinajstić information content (AvgIpc) is 2.82. The first-order valence-corrected chi connectivity index (χ1v) is 15.6. The largest absolute Gasteiger partial charge is 0.543 e. The van der Waals surface area contributed by atoms with Gasteiger partial charge in [0.25, 0.3) is 0 Å². The van der Waals surface area contributed by atoms with E-state index in [0.29, 0.717) is 28.5 Å². The Morgan fingerprint density at radius 1 is 0.973 bits per heavy atom. The van der Waals surface area contributed by atoms with E-state index in [1.165, 1.54) is 4.90 Å². The summed E-state index contributed by atoms with van der Waals surface area (Å²) in [5.41, 5.74) is 1.55. The Hall–Kier alpha value is -3.00. The second-order valence-electron chi connectivity index (χ2n) is 10.6. The van der Waals surface area contributed by atoms with Crippen molar-refractivity contribution in [3.05, 3.63) is 88.9 Å². The molecule has 6 nitrogen and oxygen atoms in total. The lowest BCUT2D eigenvalue weighted by atomic mass is 10.1. The van der Waals surface area contributed by atoms with Crippen LogP contribution >= 0.6 is 11.6 Å². The van der Waals surface area contributed by atoms with Crippen molar-refractivity contribution in [2.75, 3.05) is 13.1 Å². The molecule has 3 aromatic carbocycles. The zero-order valence-corrected chi connectivity index (χ0v) is 23.8. The third kappa shape index (κ3) is 8.25. The summed E-state index contributed by atoms with van der Waals surface area (Å²) in [5, 5.41) is 20.7. The molecule has 0 spiro atoms. The highest BCUT2D eigenvalue weighted by Crippen LogP contribution is 2.37. The number of hydrogen-bond donors (Lipinski definition) is 2. The molecule has 0 bridgehead atoms. The van der Waals surface area contributed by atoms with Crippen LogP contribution in [0.1, 0.15) is 38.0 Å². The molecule has 0 saturated heterocycles. The molecule has 0 radical (unpaired) electrons. The molecule has 0 saturated carbocycles. The summed E-state index contributed by atoms with van der Waals surface area (Å²) in [5.74, 6) is 2.24. The summed E-state index contributed by atoms with van der Waals surface area (Å²) >= 11 is 5.98. The summed E-state index contributed by atoms with van der Waals surface area (Å²) in [4.78, 5) is 12.9. The standard InChI is InChI=1S/C29H36ClNO5Si/c1-29(2,3)37(4,5)36-26-15-13-25(14-16-26)35-24-11-9-21(10-12-24)17-18-31(28(33)34)20-27(32)22-7-6-8-23(30)19-22/h6-16,19,27,32H,17-18,20H2,1-5H3,(H,33,34)/t27-/m0/s1. The van der Waals surface area contributed by atoms with Crippen LogP contribution in [0.2, 0.25) is 23.2 Å². The fraction of sp³-hybridized carbons (Fsp3) is 0.345. The normalized spacial score (nSPS) is 12.6. The lowest BCUT2D eigenvalue weighted by Crippen LogP contribution is -2.43. The molecule has 0 unspecified atom stereocenters. The highest BCUT2D eigenvalue weighted by atomic mass is 35.5. The van der Waals surface area contributed by atoms with Crippen molar-refractivity contribution in [2.24, 2.45) is 0 Å². The monoisotopic (exact) mass is 541 g/mol. The van der Waals surface area contributed by atoms with Crippen LogP contribution < -0.4 is 9.16 Å². The SMILES string of the molecule is CC(C)(C)[Si](C)(C)Oc1ccc(Oc2ccc(CCN(C[C@H](O)c3cccc(Cl)c3)C(=O)O)cc2)cc1. The summed E-state index contributed by atoms with van der Waals surface area (Å²) in [6.45, 7) is 11.3. The van der Waals surface area contributed by atoms with Gasteiger partial charge in [0.2, 0.25) is 8.32 Å². The molecule has 3 rings (SSSR count). The van der Waals surface area contributed by atoms with Crippen molar-refractivity contribution in [1.29, 1.82) is 0 Å². The van der Waals surface area contributed by atoms with Gasteiger partial charge in [-0.15, -0.1) is 0 Å². The van der Waals surface area contributed by atoms with Gasteiger partial charge in [0.05, 0.1) is 12.6 Å². The minimum Gasteiger partial charge on any atom is -0.543 e. The summed E-state index contributed by atoms with van der Waals surface area (Å²) in [6, 6.07) is 22.0. The van der Waals surface area contributed by atoms with Gasteiger partial charge in [0.15, 0.2) is 0 Å². The van der Waals surface area contributed by atoms with Crippen molar-refractivity contribution >= 4 is 26.0 Å². The second kappa shape index (κ2) is 12.0. The number of benzene rings is 3. The molecule has 8 heteroatoms. The molecule has 2 N–H and O–H groups in total. The van der Waals surface area contributed by atoms with Crippen LogP contribution in [0.5, 0.6) is 17.2 Å². The maximum Gasteiger partial charge on any atom is 0.407 e. The van der Waals surface area contributed by atoms with Crippen LogP contribution in [0.25, 0.3) is 0 Å². The van der Waals surface area contributed by atoms with Crippen LogP contribution in [0, 0.1) is 0 Å². The molecule has 198 valence electrons. The smallest absolute Gasteiger partial charge is 0.407 e. The topological polar surface area (TPSA) is 79.2 Å². The number of nitrogens with zero attached hydrogens (tertiary/aromatic N) is 1. The molecule has 37 heavy (non-hydrogen) atoms. The third-order valence-electron chi connectivity index (χ3n) is 6.73. The number of rotatable bonds is 10. The Bertz CT molecular complexity index is 1180. The second-order valence-corrected chi connectivity index (χ2v) is 15.8. The third-order valence-corrected chi connectivity index (χ3v) is 11.3. The molecule has 1 amide bonds. The quantitative estimate of drug-likeness (QED) is 0.256. The van der Waals surface area contributed by atoms with E-state index in [1.807, 2.05) is 48.5 Å². The predicted octanol–water partition coefficient (Wildman–Crippen LogP) is 7.77. The van der Waals surface area contributed by atoms with E-state index in [9.17, 15) is 15.0 Å². The Labute approximate surface area is 225 Å². The van der Waals surface area contributed by atoms with E-state index in [-0.39, 0.29) is 18.1 Å². The number of aliphatic hydroxyl groups is 1. The highest BCUT2D eigenvalue weighted by molar-refractivity contribution is 6.74. The minimum absolute atomic E-state index is 0.0357. The maximum absolute atomic E-state index is 11.7. The first-order chi connectivity index (χ1) is 17.3. The number of aliphatic hydroxyl groups excluding tert-OH is 1. The van der Waals surface area contributed by atoms with Crippen LogP contribution in [0.3, 0.4) is 0 Å². The molecule has 3 aromatic rings. The lowest BCUT2D eigenvalue weighted by Gasteiger charge is -2.36. The van der Waals surface area contributed by atoms with Gasteiger partial charge in [0.1, 0.15) is 17.2 Å². The lowest BCUT2D eigenvalue weighted by molar-refractivity contribution is 0.0973. The molecule has 1 atom stereocenters. The van der Waals surface area contributed by atoms with Gasteiger partial charge < -0.3 is 24.3 Å². The Morgan fingerprint density at radius 2 is 1.54 bits per heavy atom. The van der Waals surface area contributed by atoms with E-state index in [4.69, 9.17) is 20.8 Å². The average molecular weight is 542 g/mol. The summed E-state index contributed by atoms with van der Waals surface area (Å²) < 4.78 is 12.3. The predicted molar refractivity (Wildman–Crippen MR) is 150 cm³/mol. The zero-order valence-electron chi connectivity index (χ0n) is 22.1. The van der Waals surface area contributed by atoms with Crippen LogP contribution in [-0.4, -0.2) is 42.6 Å². The zero-order chi connectivity index (χ0) is 27.2. The number of carbonyl (C=O) groups is 1. The van der Waals surface area contributed by atoms with Gasteiger partial charge in [0, 0.05) is 11.6 Å². The Morgan fingerprint density at radius 3 is 2.08 bits per heavy atom. The molecule has 0 aromatic heterocycles. The van der Waals surface area contributed by atoms with Crippen LogP contribution in [0.15, 0.2) is 72.8 Å². The van der Waals surface area contributed by atoms with Gasteiger partial charge in [-0.1, -0.05) is 56.6 Å². The maximum atomic E-state index is 11.7. The highest BCUT2D eigenvalue weighted by Gasteiger charge is 2.38. The van der Waals surface area contributed by atoms with Crippen molar-refractivity contribution in [3.8, 4) is 17.2 Å². The van der Waals surface area contributed by atoms with Crippen molar-refractivity contribution in [2.45, 2.75) is 51.4 Å². The van der Waals surface area contributed by atoms with E-state index in [2.05, 4.69) is 33.9 Å². The van der Waals surface area contributed by atoms with Crippen LogP contribution in [-0.2, 0) is 6.42 Å². The van der Waals surface area contributed by atoms with Crippen molar-refractivity contribution < 1.29 is 24.2 Å². The van der Waals surface area contributed by atoms with E-state index in [1.54, 1.807) is 24.3 Å². The number of ether oxygens (including phenoxy) is 1. The number of amides is 1.